The molecule has 0 saturated heterocycles. The third kappa shape index (κ3) is 4.27. The number of benzene rings is 2. The molecule has 0 saturated carbocycles. The summed E-state index contributed by atoms with van der Waals surface area (Å²) >= 11 is 3.37. The van der Waals surface area contributed by atoms with Crippen LogP contribution >= 0.6 is 15.9 Å². The molecule has 1 amide bonds. The first-order chi connectivity index (χ1) is 13.1. The Bertz CT molecular complexity index is 1020. The fraction of sp³-hybridized carbons (Fsp3) is 0.105. The summed E-state index contributed by atoms with van der Waals surface area (Å²) in [6.07, 6.45) is 1.46. The molecule has 3 aromatic rings. The number of rotatable bonds is 6. The van der Waals surface area contributed by atoms with Crippen molar-refractivity contribution in [1.29, 1.82) is 5.26 Å². The highest BCUT2D eigenvalue weighted by Crippen LogP contribution is 2.36. The SMILES string of the molecule is COc1cc(/C=N/NC(=O)c2cc3ccccc3o2)cc(Br)c1OCC#N. The van der Waals surface area contributed by atoms with Crippen LogP contribution in [0.4, 0.5) is 0 Å². The van der Waals surface area contributed by atoms with Gasteiger partial charge in [0.1, 0.15) is 11.7 Å². The fourth-order valence-corrected chi connectivity index (χ4v) is 2.95. The number of fused-ring (bicyclic) bond motifs is 1. The summed E-state index contributed by atoms with van der Waals surface area (Å²) in [5, 5.41) is 13.4. The van der Waals surface area contributed by atoms with Gasteiger partial charge in [0.2, 0.25) is 0 Å². The summed E-state index contributed by atoms with van der Waals surface area (Å²) in [6.45, 7) is -0.101. The quantitative estimate of drug-likeness (QED) is 0.475. The van der Waals surface area contributed by atoms with E-state index in [-0.39, 0.29) is 12.4 Å². The fourth-order valence-electron chi connectivity index (χ4n) is 2.37. The molecule has 1 aromatic heterocycles. The van der Waals surface area contributed by atoms with Gasteiger partial charge >= 0.3 is 5.91 Å². The van der Waals surface area contributed by atoms with Crippen molar-refractivity contribution in [2.24, 2.45) is 5.10 Å². The van der Waals surface area contributed by atoms with Crippen LogP contribution in [0, 0.1) is 11.3 Å². The van der Waals surface area contributed by atoms with Gasteiger partial charge in [0.15, 0.2) is 23.9 Å². The molecule has 0 aliphatic heterocycles. The van der Waals surface area contributed by atoms with E-state index in [0.717, 1.165) is 5.39 Å². The zero-order valence-corrected chi connectivity index (χ0v) is 15.8. The molecule has 7 nitrogen and oxygen atoms in total. The molecule has 136 valence electrons. The van der Waals surface area contributed by atoms with Gasteiger partial charge in [-0.3, -0.25) is 4.79 Å². The molecule has 0 radical (unpaired) electrons. The molecule has 0 aliphatic rings. The van der Waals surface area contributed by atoms with Crippen LogP contribution in [0.1, 0.15) is 16.1 Å². The Balaban J connectivity index is 1.72. The highest BCUT2D eigenvalue weighted by atomic mass is 79.9. The van der Waals surface area contributed by atoms with Crippen molar-refractivity contribution in [2.45, 2.75) is 0 Å². The van der Waals surface area contributed by atoms with Crippen molar-refractivity contribution < 1.29 is 18.7 Å². The molecule has 1 N–H and O–H groups in total. The molecule has 0 atom stereocenters. The second-order valence-corrected chi connectivity index (χ2v) is 6.18. The van der Waals surface area contributed by atoms with Crippen molar-refractivity contribution in [2.75, 3.05) is 13.7 Å². The number of nitrogens with one attached hydrogen (secondary N) is 1. The van der Waals surface area contributed by atoms with Crippen molar-refractivity contribution >= 4 is 39.0 Å². The first kappa shape index (κ1) is 18.5. The van der Waals surface area contributed by atoms with E-state index in [1.54, 1.807) is 24.3 Å². The zero-order valence-electron chi connectivity index (χ0n) is 14.2. The van der Waals surface area contributed by atoms with Crippen molar-refractivity contribution in [3.8, 4) is 17.6 Å². The second kappa shape index (κ2) is 8.38. The molecular formula is C19H14BrN3O4. The summed E-state index contributed by atoms with van der Waals surface area (Å²) in [5.41, 5.74) is 3.71. The first-order valence-electron chi connectivity index (χ1n) is 7.81. The van der Waals surface area contributed by atoms with E-state index >= 15 is 0 Å². The average Bonchev–Trinajstić information content (AvgIpc) is 3.11. The standard InChI is InChI=1S/C19H14BrN3O4/c1-25-16-9-12(8-14(20)18(16)26-7-6-21)11-22-23-19(24)17-10-13-4-2-3-5-15(13)27-17/h2-5,8-11H,7H2,1H3,(H,23,24)/b22-11+. The molecule has 27 heavy (non-hydrogen) atoms. The maximum absolute atomic E-state index is 12.2. The average molecular weight is 428 g/mol. The maximum Gasteiger partial charge on any atom is 0.307 e. The molecule has 3 rings (SSSR count). The van der Waals surface area contributed by atoms with Gasteiger partial charge < -0.3 is 13.9 Å². The molecule has 2 aromatic carbocycles. The highest BCUT2D eigenvalue weighted by molar-refractivity contribution is 9.10. The van der Waals surface area contributed by atoms with E-state index in [1.165, 1.54) is 13.3 Å². The van der Waals surface area contributed by atoms with Crippen LogP contribution in [0.3, 0.4) is 0 Å². The largest absolute Gasteiger partial charge is 0.493 e. The summed E-state index contributed by atoms with van der Waals surface area (Å²) in [6, 6.07) is 14.3. The highest BCUT2D eigenvalue weighted by Gasteiger charge is 2.12. The zero-order chi connectivity index (χ0) is 19.2. The molecule has 0 fully saturated rings. The number of ether oxygens (including phenoxy) is 2. The number of amides is 1. The Morgan fingerprint density at radius 1 is 1.37 bits per heavy atom. The van der Waals surface area contributed by atoms with Gasteiger partial charge in [-0.25, -0.2) is 5.43 Å². The van der Waals surface area contributed by atoms with Gasteiger partial charge in [-0.1, -0.05) is 18.2 Å². The minimum atomic E-state index is -0.456. The lowest BCUT2D eigenvalue weighted by atomic mass is 10.2. The minimum Gasteiger partial charge on any atom is -0.493 e. The normalized spacial score (nSPS) is 10.7. The molecule has 0 aliphatic carbocycles. The number of methoxy groups -OCH3 is 1. The number of hydrogen-bond acceptors (Lipinski definition) is 6. The third-order valence-corrected chi connectivity index (χ3v) is 4.15. The third-order valence-electron chi connectivity index (χ3n) is 3.56. The lowest BCUT2D eigenvalue weighted by Crippen LogP contribution is -2.16. The van der Waals surface area contributed by atoms with Gasteiger partial charge in [0.05, 0.1) is 17.8 Å². The van der Waals surface area contributed by atoms with E-state index in [0.29, 0.717) is 27.1 Å². The molecule has 0 spiro atoms. The number of nitrogens with zero attached hydrogens (tertiary/aromatic N) is 2. The van der Waals surface area contributed by atoms with Crippen LogP contribution in [0.5, 0.6) is 11.5 Å². The molecule has 8 heteroatoms. The summed E-state index contributed by atoms with van der Waals surface area (Å²) in [7, 11) is 1.49. The summed E-state index contributed by atoms with van der Waals surface area (Å²) in [5.74, 6) is 0.571. The predicted molar refractivity (Wildman–Crippen MR) is 103 cm³/mol. The van der Waals surface area contributed by atoms with Gasteiger partial charge in [-0.05, 0) is 45.8 Å². The van der Waals surface area contributed by atoms with Crippen LogP contribution in [0.2, 0.25) is 0 Å². The molecular weight excluding hydrogens is 414 g/mol. The Morgan fingerprint density at radius 2 is 2.19 bits per heavy atom. The minimum absolute atomic E-state index is 0.101. The number of furan rings is 1. The number of para-hydroxylation sites is 1. The van der Waals surface area contributed by atoms with Crippen LogP contribution in [0.25, 0.3) is 11.0 Å². The molecule has 0 unspecified atom stereocenters. The number of carbonyl (C=O) groups is 1. The number of hydrazone groups is 1. The van der Waals surface area contributed by atoms with Crippen LogP contribution in [0.15, 0.2) is 56.5 Å². The Kier molecular flexibility index (Phi) is 5.74. The molecule has 0 bridgehead atoms. The lowest BCUT2D eigenvalue weighted by molar-refractivity contribution is 0.0929. The van der Waals surface area contributed by atoms with E-state index in [2.05, 4.69) is 26.5 Å². The predicted octanol–water partition coefficient (Wildman–Crippen LogP) is 3.87. The number of carbonyl (C=O) groups excluding carboxylic acids is 1. The van der Waals surface area contributed by atoms with Gasteiger partial charge in [-0.15, -0.1) is 0 Å². The Morgan fingerprint density at radius 3 is 2.93 bits per heavy atom. The van der Waals surface area contributed by atoms with E-state index in [9.17, 15) is 4.79 Å². The smallest absolute Gasteiger partial charge is 0.307 e. The number of nitriles is 1. The van der Waals surface area contributed by atoms with Crippen molar-refractivity contribution in [3.63, 3.8) is 0 Å². The van der Waals surface area contributed by atoms with Crippen molar-refractivity contribution in [3.05, 3.63) is 58.3 Å². The lowest BCUT2D eigenvalue weighted by Gasteiger charge is -2.11. The van der Waals surface area contributed by atoms with E-state index in [4.69, 9.17) is 19.2 Å². The van der Waals surface area contributed by atoms with Gasteiger partial charge in [0, 0.05) is 5.39 Å². The van der Waals surface area contributed by atoms with Crippen molar-refractivity contribution in [1.82, 2.24) is 5.43 Å². The Labute approximate surface area is 163 Å². The van der Waals surface area contributed by atoms with Crippen LogP contribution in [-0.2, 0) is 0 Å². The topological polar surface area (TPSA) is 96.8 Å². The van der Waals surface area contributed by atoms with Crippen LogP contribution in [-0.4, -0.2) is 25.8 Å². The van der Waals surface area contributed by atoms with Gasteiger partial charge in [0.25, 0.3) is 0 Å². The van der Waals surface area contributed by atoms with E-state index in [1.807, 2.05) is 24.3 Å². The van der Waals surface area contributed by atoms with E-state index < -0.39 is 5.91 Å². The molecule has 1 heterocycles. The number of halogens is 1. The first-order valence-corrected chi connectivity index (χ1v) is 8.61. The number of hydrogen-bond donors (Lipinski definition) is 1. The monoisotopic (exact) mass is 427 g/mol. The van der Waals surface area contributed by atoms with Gasteiger partial charge in [-0.2, -0.15) is 10.4 Å². The Hall–Kier alpha value is -3.31. The maximum atomic E-state index is 12.2. The summed E-state index contributed by atoms with van der Waals surface area (Å²) < 4.78 is 16.7. The van der Waals surface area contributed by atoms with Crippen LogP contribution < -0.4 is 14.9 Å². The summed E-state index contributed by atoms with van der Waals surface area (Å²) in [4.78, 5) is 12.2. The second-order valence-electron chi connectivity index (χ2n) is 5.33.